The maximum absolute atomic E-state index is 13.6. The number of benzene rings is 8. The highest BCUT2D eigenvalue weighted by Gasteiger charge is 2.47. The van der Waals surface area contributed by atoms with E-state index in [4.69, 9.17) is 0 Å². The molecule has 0 atom stereocenters. The average molecular weight is 1010 g/mol. The van der Waals surface area contributed by atoms with Crippen LogP contribution < -0.4 is 70.7 Å². The molecule has 6 heteroatoms. The molecule has 8 aromatic rings. The van der Waals surface area contributed by atoms with Crippen molar-refractivity contribution < 1.29 is 38.8 Å². The van der Waals surface area contributed by atoms with E-state index in [2.05, 4.69) is 236 Å². The van der Waals surface area contributed by atoms with Crippen LogP contribution in [-0.2, 0) is 17.1 Å². The van der Waals surface area contributed by atoms with Crippen LogP contribution in [0.1, 0.15) is 51.4 Å². The fourth-order valence-corrected chi connectivity index (χ4v) is 17.1. The summed E-state index contributed by atoms with van der Waals surface area (Å²) in [6.45, 7) is 14.6. The second-order valence-corrected chi connectivity index (χ2v) is 24.1. The lowest BCUT2D eigenvalue weighted by molar-refractivity contribution is -0.115. The number of hydrogen-bond acceptors (Lipinski definition) is 1. The molecule has 0 fully saturated rings. The topological polar surface area (TPSA) is 20.3 Å². The summed E-state index contributed by atoms with van der Waals surface area (Å²) in [7, 11) is -4.25. The summed E-state index contributed by atoms with van der Waals surface area (Å²) in [4.78, 5) is 15.4. The molecule has 0 unspecified atom stereocenters. The van der Waals surface area contributed by atoms with Gasteiger partial charge in [0.2, 0.25) is 5.91 Å². The highest BCUT2D eigenvalue weighted by Crippen LogP contribution is 2.59. The van der Waals surface area contributed by atoms with Crippen LogP contribution in [0.3, 0.4) is 0 Å². The van der Waals surface area contributed by atoms with Gasteiger partial charge in [-0.25, -0.2) is 0 Å². The van der Waals surface area contributed by atoms with Gasteiger partial charge in [0.1, 0.15) is 46.4 Å². The van der Waals surface area contributed by atoms with Crippen molar-refractivity contribution in [2.45, 2.75) is 60.8 Å². The van der Waals surface area contributed by atoms with Crippen LogP contribution in [0.15, 0.2) is 194 Å². The maximum atomic E-state index is 13.6. The Labute approximate surface area is 404 Å². The van der Waals surface area contributed by atoms with E-state index in [9.17, 15) is 4.79 Å². The number of aryl methyl sites for hydroxylation is 6. The first-order chi connectivity index (χ1) is 29.9. The minimum atomic E-state index is -2.13. The van der Waals surface area contributed by atoms with Gasteiger partial charge >= 0.3 is 0 Å². The number of carbonyl (C=O) groups excluding carboxylic acids is 1. The molecule has 0 saturated carbocycles. The van der Waals surface area contributed by atoms with Crippen molar-refractivity contribution in [1.29, 1.82) is 0 Å². The van der Waals surface area contributed by atoms with E-state index in [0.717, 1.165) is 23.7 Å². The Morgan fingerprint density at radius 1 is 0.328 bits per heavy atom. The lowest BCUT2D eigenvalue weighted by Crippen LogP contribution is -3.00. The zero-order valence-electron chi connectivity index (χ0n) is 37.9. The van der Waals surface area contributed by atoms with Crippen molar-refractivity contribution in [3.63, 3.8) is 0 Å². The normalized spacial score (nSPS) is 11.3. The zero-order chi connectivity index (χ0) is 43.4. The third-order valence-electron chi connectivity index (χ3n) is 12.4. The molecule has 0 aliphatic rings. The van der Waals surface area contributed by atoms with Crippen LogP contribution in [0.5, 0.6) is 0 Å². The van der Waals surface area contributed by atoms with Crippen LogP contribution >= 0.6 is 14.5 Å². The van der Waals surface area contributed by atoms with Crippen LogP contribution in [0.2, 0.25) is 0 Å². The Hall–Kier alpha value is -4.95. The van der Waals surface area contributed by atoms with E-state index in [0.29, 0.717) is 0 Å². The van der Waals surface area contributed by atoms with Gasteiger partial charge in [0.05, 0.1) is 12.3 Å². The predicted molar refractivity (Wildman–Crippen MR) is 272 cm³/mol. The smallest absolute Gasteiger partial charge is 0.228 e. The molecule has 0 bridgehead atoms. The van der Waals surface area contributed by atoms with Gasteiger partial charge < -0.3 is 34.0 Å². The molecule has 0 radical (unpaired) electrons. The molecule has 8 aromatic carbocycles. The molecule has 0 N–H and O–H groups in total. The molecule has 64 heavy (non-hydrogen) atoms. The quantitative estimate of drug-likeness (QED) is 0.133. The maximum Gasteiger partial charge on any atom is 0.228 e. The zero-order valence-corrected chi connectivity index (χ0v) is 42.9. The fourth-order valence-electron chi connectivity index (χ4n) is 8.80. The first-order valence-electron chi connectivity index (χ1n) is 21.6. The molecule has 0 aliphatic carbocycles. The minimum Gasteiger partial charge on any atom is -1.00 e. The van der Waals surface area contributed by atoms with E-state index >= 15 is 0 Å². The van der Waals surface area contributed by atoms with Crippen molar-refractivity contribution in [2.75, 3.05) is 4.90 Å². The van der Waals surface area contributed by atoms with E-state index in [1.807, 2.05) is 4.90 Å². The molecule has 0 spiro atoms. The lowest BCUT2D eigenvalue weighted by Gasteiger charge is -2.29. The third kappa shape index (κ3) is 10.1. The molecule has 0 aromatic heterocycles. The van der Waals surface area contributed by atoms with Crippen molar-refractivity contribution in [2.24, 2.45) is 0 Å². The Morgan fingerprint density at radius 2 is 0.516 bits per heavy atom. The minimum absolute atomic E-state index is 0. The van der Waals surface area contributed by atoms with Crippen LogP contribution in [-0.4, -0.2) is 5.91 Å². The molecule has 0 saturated heterocycles. The van der Waals surface area contributed by atoms with Crippen LogP contribution in [0.25, 0.3) is 0 Å². The summed E-state index contributed by atoms with van der Waals surface area (Å²) in [6.07, 6.45) is 1.73. The fraction of sp³-hybridized carbons (Fsp3) is 0.155. The Kier molecular flexibility index (Phi) is 15.8. The predicted octanol–water partition coefficient (Wildman–Crippen LogP) is 6.22. The van der Waals surface area contributed by atoms with E-state index in [-0.39, 0.29) is 39.9 Å². The van der Waals surface area contributed by atoms with E-state index in [1.165, 1.54) is 76.3 Å². The number of amides is 1. The highest BCUT2D eigenvalue weighted by molar-refractivity contribution is 7.95. The number of rotatable bonds is 12. The second kappa shape index (κ2) is 20.9. The first kappa shape index (κ1) is 48.5. The van der Waals surface area contributed by atoms with Crippen molar-refractivity contribution in [3.05, 3.63) is 239 Å². The Morgan fingerprint density at radius 3 is 0.688 bits per heavy atom. The number of anilines is 2. The van der Waals surface area contributed by atoms with Gasteiger partial charge in [0.15, 0.2) is 0 Å². The number of nitrogens with zero attached hydrogens (tertiary/aromatic N) is 1. The van der Waals surface area contributed by atoms with Gasteiger partial charge in [-0.3, -0.25) is 9.69 Å². The molecule has 2 nitrogen and oxygen atoms in total. The van der Waals surface area contributed by atoms with E-state index < -0.39 is 14.5 Å². The molecule has 0 heterocycles. The third-order valence-corrected chi connectivity index (χ3v) is 21.1. The van der Waals surface area contributed by atoms with Gasteiger partial charge in [-0.1, -0.05) is 130 Å². The molecular weight excluding hydrogens is 948 g/mol. The first-order valence-corrected chi connectivity index (χ1v) is 25.6. The molecule has 8 rings (SSSR count). The van der Waals surface area contributed by atoms with Crippen LogP contribution in [0, 0.1) is 41.5 Å². The Bertz CT molecular complexity index is 2360. The van der Waals surface area contributed by atoms with Gasteiger partial charge in [-0.15, -0.1) is 0 Å². The summed E-state index contributed by atoms with van der Waals surface area (Å²) >= 11 is 0. The second-order valence-electron chi connectivity index (χ2n) is 17.1. The highest BCUT2D eigenvalue weighted by atomic mass is 79.9. The van der Waals surface area contributed by atoms with Crippen molar-refractivity contribution in [3.8, 4) is 0 Å². The van der Waals surface area contributed by atoms with Crippen molar-refractivity contribution in [1.82, 2.24) is 0 Å². The van der Waals surface area contributed by atoms with E-state index in [1.54, 1.807) is 6.92 Å². The summed E-state index contributed by atoms with van der Waals surface area (Å²) in [5, 5.41) is 8.19. The number of carbonyl (C=O) groups is 1. The van der Waals surface area contributed by atoms with Gasteiger partial charge in [-0.05, 0) is 150 Å². The SMILES string of the molecule is CC(=O)N(c1ccc(C[P+](c2ccc(C)cc2)(c2ccc(C)cc2)c2ccc(C)cc2)cc1)c1ccc(C[P+](c2ccc(C)cc2)(c2ccc(C)cc2)c2ccc(C)cc2)cc1.[Br-].[Br-]. The Balaban J connectivity index is 0.00000340. The largest absolute Gasteiger partial charge is 1.00 e. The van der Waals surface area contributed by atoms with Gasteiger partial charge in [0, 0.05) is 18.3 Å². The average Bonchev–Trinajstić information content (AvgIpc) is 3.28. The van der Waals surface area contributed by atoms with Crippen LogP contribution in [0.4, 0.5) is 11.4 Å². The summed E-state index contributed by atoms with van der Waals surface area (Å²) in [5.74, 6) is -0.0212. The number of halogens is 2. The monoisotopic (exact) mass is 1000 g/mol. The standard InChI is InChI=1S/C58H57NOP2.2BrH/c1-42-8-28-53(29-9-42)61(54-30-10-43(2)11-31-54,55-32-12-44(3)13-33-55)40-49-20-24-51(25-21-49)59(48(7)60)52-26-22-50(23-27-52)41-62(56-34-14-45(4)15-35-56,57-36-16-46(5)17-37-57)58-38-18-47(6)19-39-58;;/h8-39H,40-41H2,1-7H3;2*1H/q+2;;/p-2. The molecule has 1 amide bonds. The summed E-state index contributed by atoms with van der Waals surface area (Å²) < 4.78 is 0. The van der Waals surface area contributed by atoms with Gasteiger partial charge in [-0.2, -0.15) is 0 Å². The van der Waals surface area contributed by atoms with Crippen molar-refractivity contribution >= 4 is 63.6 Å². The lowest BCUT2D eigenvalue weighted by atomic mass is 10.1. The molecule has 324 valence electrons. The van der Waals surface area contributed by atoms with Gasteiger partial charge in [0.25, 0.3) is 0 Å². The molecular formula is C58H57Br2NOP2. The summed E-state index contributed by atoms with van der Waals surface area (Å²) in [5.41, 5.74) is 11.7. The number of hydrogen-bond donors (Lipinski definition) is 0. The molecule has 0 aliphatic heterocycles. The summed E-state index contributed by atoms with van der Waals surface area (Å²) in [6, 6.07) is 72.5.